The molecule has 1 aromatic rings. The van der Waals surface area contributed by atoms with E-state index in [1.165, 1.54) is 17.6 Å². The van der Waals surface area contributed by atoms with Gasteiger partial charge in [-0.3, -0.25) is 0 Å². The molecule has 0 N–H and O–H groups in total. The van der Waals surface area contributed by atoms with Crippen molar-refractivity contribution in [1.29, 1.82) is 0 Å². The number of methoxy groups -OCH3 is 1. The summed E-state index contributed by atoms with van der Waals surface area (Å²) < 4.78 is 18.6. The molecule has 31 heavy (non-hydrogen) atoms. The molecule has 170 valence electrons. The number of hydrogen-bond donors (Lipinski definition) is 0. The molecule has 4 rings (SSSR count). The van der Waals surface area contributed by atoms with Crippen molar-refractivity contribution in [1.82, 2.24) is 0 Å². The summed E-state index contributed by atoms with van der Waals surface area (Å²) in [6.07, 6.45) is 9.86. The molecule has 1 spiro atoms. The Bertz CT molecular complexity index is 835. The minimum absolute atomic E-state index is 0.177. The van der Waals surface area contributed by atoms with Crippen molar-refractivity contribution in [3.63, 3.8) is 0 Å². The molecular weight excluding hydrogens is 400 g/mol. The summed E-state index contributed by atoms with van der Waals surface area (Å²) in [6, 6.07) is 8.17. The van der Waals surface area contributed by atoms with Gasteiger partial charge in [0.2, 0.25) is 0 Å². The maximum atomic E-state index is 6.98. The fourth-order valence-corrected chi connectivity index (χ4v) is 6.92. The van der Waals surface area contributed by atoms with Crippen LogP contribution in [0.15, 0.2) is 48.6 Å². The van der Waals surface area contributed by atoms with Gasteiger partial charge in [-0.2, -0.15) is 0 Å². The van der Waals surface area contributed by atoms with E-state index in [9.17, 15) is 0 Å². The van der Waals surface area contributed by atoms with Gasteiger partial charge >= 0.3 is 0 Å². The van der Waals surface area contributed by atoms with E-state index in [4.69, 9.17) is 13.9 Å². The number of ether oxygens (including phenoxy) is 2. The van der Waals surface area contributed by atoms with Crippen molar-refractivity contribution >= 4 is 8.32 Å². The lowest BCUT2D eigenvalue weighted by atomic mass is 9.62. The van der Waals surface area contributed by atoms with Crippen molar-refractivity contribution in [3.05, 3.63) is 54.1 Å². The van der Waals surface area contributed by atoms with Crippen molar-refractivity contribution in [2.75, 3.05) is 7.11 Å². The number of allylic oxidation sites excluding steroid dienone is 1. The molecule has 5 atom stereocenters. The minimum Gasteiger partial charge on any atom is -0.497 e. The highest BCUT2D eigenvalue weighted by Gasteiger charge is 2.55. The van der Waals surface area contributed by atoms with E-state index >= 15 is 0 Å². The van der Waals surface area contributed by atoms with Crippen molar-refractivity contribution in [2.24, 2.45) is 17.3 Å². The van der Waals surface area contributed by atoms with Gasteiger partial charge in [-0.15, -0.1) is 0 Å². The van der Waals surface area contributed by atoms with E-state index in [1.807, 2.05) is 12.1 Å². The van der Waals surface area contributed by atoms with Gasteiger partial charge in [-0.05, 0) is 72.8 Å². The minimum atomic E-state index is -1.81. The second-order valence-electron chi connectivity index (χ2n) is 11.5. The predicted molar refractivity (Wildman–Crippen MR) is 130 cm³/mol. The van der Waals surface area contributed by atoms with Crippen LogP contribution in [-0.4, -0.2) is 27.6 Å². The summed E-state index contributed by atoms with van der Waals surface area (Å²) in [5, 5.41) is 0.234. The molecule has 0 radical (unpaired) electrons. The van der Waals surface area contributed by atoms with Gasteiger partial charge in [0.1, 0.15) is 5.75 Å². The van der Waals surface area contributed by atoms with Gasteiger partial charge in [0.05, 0.1) is 25.9 Å². The average molecular weight is 441 g/mol. The Morgan fingerprint density at radius 3 is 2.48 bits per heavy atom. The fraction of sp³-hybridized carbons (Fsp3) is 0.630. The maximum absolute atomic E-state index is 6.98. The van der Waals surface area contributed by atoms with Crippen LogP contribution in [0.25, 0.3) is 0 Å². The van der Waals surface area contributed by atoms with Gasteiger partial charge < -0.3 is 13.9 Å². The number of rotatable bonds is 6. The number of hydrogen-bond acceptors (Lipinski definition) is 3. The lowest BCUT2D eigenvalue weighted by Gasteiger charge is -2.48. The van der Waals surface area contributed by atoms with Gasteiger partial charge in [0.15, 0.2) is 8.32 Å². The van der Waals surface area contributed by atoms with Gasteiger partial charge in [-0.25, -0.2) is 0 Å². The van der Waals surface area contributed by atoms with Crippen molar-refractivity contribution in [2.45, 2.75) is 83.4 Å². The van der Waals surface area contributed by atoms with E-state index in [0.717, 1.165) is 25.0 Å². The van der Waals surface area contributed by atoms with Crippen LogP contribution in [0.1, 0.15) is 52.0 Å². The molecule has 1 aromatic carbocycles. The van der Waals surface area contributed by atoms with Crippen LogP contribution in [0, 0.1) is 17.3 Å². The van der Waals surface area contributed by atoms with E-state index in [-0.39, 0.29) is 16.6 Å². The zero-order valence-electron chi connectivity index (χ0n) is 20.2. The van der Waals surface area contributed by atoms with Gasteiger partial charge in [0.25, 0.3) is 0 Å². The van der Waals surface area contributed by atoms with E-state index in [2.05, 4.69) is 64.7 Å². The highest BCUT2D eigenvalue weighted by molar-refractivity contribution is 6.74. The Labute approximate surface area is 190 Å². The Balaban J connectivity index is 1.44. The first kappa shape index (κ1) is 22.8. The predicted octanol–water partition coefficient (Wildman–Crippen LogP) is 6.90. The summed E-state index contributed by atoms with van der Waals surface area (Å²) in [6.45, 7) is 16.9. The molecule has 3 nitrogen and oxygen atoms in total. The maximum Gasteiger partial charge on any atom is 0.192 e. The van der Waals surface area contributed by atoms with Gasteiger partial charge in [-0.1, -0.05) is 57.2 Å². The third-order valence-corrected chi connectivity index (χ3v) is 13.0. The van der Waals surface area contributed by atoms with Crippen LogP contribution in [0.4, 0.5) is 0 Å². The largest absolute Gasteiger partial charge is 0.497 e. The molecule has 0 aromatic heterocycles. The van der Waals surface area contributed by atoms with Crippen molar-refractivity contribution < 1.29 is 13.9 Å². The quantitative estimate of drug-likeness (QED) is 0.355. The Morgan fingerprint density at radius 1 is 1.13 bits per heavy atom. The molecule has 0 unspecified atom stereocenters. The Hall–Kier alpha value is -1.36. The molecule has 0 aliphatic heterocycles. The summed E-state index contributed by atoms with van der Waals surface area (Å²) in [7, 11) is -0.108. The monoisotopic (exact) mass is 440 g/mol. The summed E-state index contributed by atoms with van der Waals surface area (Å²) in [4.78, 5) is 0. The molecule has 2 saturated carbocycles. The standard InChI is InChI=1S/C27H40O3Si/c1-19-16-27-13-12-23(29-18-20-8-10-22(28-5)11-9-20)14-21(27)15-25(24(19)17-27)30-31(6,7)26(2,3)4/h8-13,21,23-25H,1,14-18H2,2-7H3/t21-,23-,24-,25-,27-/m1/s1. The van der Waals surface area contributed by atoms with Crippen LogP contribution >= 0.6 is 0 Å². The molecule has 2 fully saturated rings. The number of benzene rings is 1. The summed E-state index contributed by atoms with van der Waals surface area (Å²) in [5.41, 5.74) is 2.88. The zero-order valence-corrected chi connectivity index (χ0v) is 21.2. The first-order valence-electron chi connectivity index (χ1n) is 11.8. The second kappa shape index (κ2) is 8.20. The Kier molecular flexibility index (Phi) is 6.04. The third-order valence-electron chi connectivity index (χ3n) is 8.49. The van der Waals surface area contributed by atoms with Crippen LogP contribution in [0.2, 0.25) is 18.1 Å². The molecule has 2 bridgehead atoms. The zero-order chi connectivity index (χ0) is 22.4. The number of fused-ring (bicyclic) bond motifs is 1. The third kappa shape index (κ3) is 4.44. The smallest absolute Gasteiger partial charge is 0.192 e. The molecule has 3 aliphatic rings. The summed E-state index contributed by atoms with van der Waals surface area (Å²) >= 11 is 0. The summed E-state index contributed by atoms with van der Waals surface area (Å²) in [5.74, 6) is 2.02. The first-order valence-corrected chi connectivity index (χ1v) is 14.7. The van der Waals surface area contributed by atoms with Gasteiger partial charge in [0, 0.05) is 5.92 Å². The lowest BCUT2D eigenvalue weighted by molar-refractivity contribution is -0.0135. The van der Waals surface area contributed by atoms with E-state index in [0.29, 0.717) is 24.5 Å². The van der Waals surface area contributed by atoms with Crippen LogP contribution in [0.5, 0.6) is 5.75 Å². The molecule has 4 heteroatoms. The SMILES string of the molecule is C=C1C[C@@]23C=C[C@@H](OCc4ccc(OC)cc4)C[C@@H]2C[C@@H](O[Si](C)(C)C(C)(C)C)[C@@H]1C3. The highest BCUT2D eigenvalue weighted by Crippen LogP contribution is 2.61. The topological polar surface area (TPSA) is 27.7 Å². The normalized spacial score (nSPS) is 32.8. The second-order valence-corrected chi connectivity index (χ2v) is 16.3. The molecule has 0 amide bonds. The molecule has 3 aliphatic carbocycles. The van der Waals surface area contributed by atoms with Crippen LogP contribution < -0.4 is 4.74 Å². The molecule has 0 saturated heterocycles. The lowest BCUT2D eigenvalue weighted by Crippen LogP contribution is -2.49. The fourth-order valence-electron chi connectivity index (χ4n) is 5.55. The average Bonchev–Trinajstić information content (AvgIpc) is 2.99. The Morgan fingerprint density at radius 2 is 1.84 bits per heavy atom. The van der Waals surface area contributed by atoms with E-state index in [1.54, 1.807) is 7.11 Å². The molecular formula is C27H40O3Si. The van der Waals surface area contributed by atoms with E-state index < -0.39 is 8.32 Å². The van der Waals surface area contributed by atoms with Crippen molar-refractivity contribution in [3.8, 4) is 5.75 Å². The molecule has 0 heterocycles. The van der Waals surface area contributed by atoms with Crippen LogP contribution in [-0.2, 0) is 15.8 Å². The highest BCUT2D eigenvalue weighted by atomic mass is 28.4. The first-order chi connectivity index (χ1) is 14.5. The van der Waals surface area contributed by atoms with Crippen LogP contribution in [0.3, 0.4) is 0 Å².